The van der Waals surface area contributed by atoms with Crippen LogP contribution in [0.15, 0.2) is 24.3 Å². The van der Waals surface area contributed by atoms with Crippen molar-refractivity contribution in [2.75, 3.05) is 13.7 Å². The van der Waals surface area contributed by atoms with E-state index in [1.54, 1.807) is 38.3 Å². The third-order valence-corrected chi connectivity index (χ3v) is 3.32. The molecule has 0 saturated carbocycles. The zero-order chi connectivity index (χ0) is 11.3. The van der Waals surface area contributed by atoms with Gasteiger partial charge in [0.2, 0.25) is 10.0 Å². The predicted molar refractivity (Wildman–Crippen MR) is 59.3 cm³/mol. The first-order valence-corrected chi connectivity index (χ1v) is 6.33. The van der Waals surface area contributed by atoms with Crippen molar-refractivity contribution in [1.82, 2.24) is 4.72 Å². The molecule has 1 rings (SSSR count). The summed E-state index contributed by atoms with van der Waals surface area (Å²) in [5.41, 5.74) is 0.747. The molecule has 0 atom stereocenters. The maximum atomic E-state index is 11.4. The van der Waals surface area contributed by atoms with Crippen LogP contribution in [0.5, 0.6) is 5.75 Å². The van der Waals surface area contributed by atoms with Gasteiger partial charge in [-0.05, 0) is 17.7 Å². The van der Waals surface area contributed by atoms with Gasteiger partial charge in [0, 0.05) is 6.54 Å². The van der Waals surface area contributed by atoms with Gasteiger partial charge in [-0.25, -0.2) is 13.1 Å². The molecule has 1 aromatic carbocycles. The van der Waals surface area contributed by atoms with Gasteiger partial charge in [0.25, 0.3) is 0 Å². The Morgan fingerprint density at radius 1 is 1.27 bits per heavy atom. The highest BCUT2D eigenvalue weighted by Gasteiger charge is 2.09. The molecule has 1 N–H and O–H groups in total. The summed E-state index contributed by atoms with van der Waals surface area (Å²) in [5, 5.41) is 0. The highest BCUT2D eigenvalue weighted by molar-refractivity contribution is 7.88. The van der Waals surface area contributed by atoms with Gasteiger partial charge in [0.1, 0.15) is 5.75 Å². The van der Waals surface area contributed by atoms with Crippen molar-refractivity contribution in [1.29, 1.82) is 0 Å². The molecule has 84 valence electrons. The molecule has 15 heavy (non-hydrogen) atoms. The van der Waals surface area contributed by atoms with E-state index in [1.165, 1.54) is 0 Å². The number of rotatable bonds is 5. The van der Waals surface area contributed by atoms with E-state index in [4.69, 9.17) is 4.74 Å². The average molecular weight is 229 g/mol. The molecule has 0 aliphatic heterocycles. The van der Waals surface area contributed by atoms with Gasteiger partial charge in [-0.15, -0.1) is 0 Å². The molecular formula is C10H15NO3S. The molecule has 0 heterocycles. The van der Waals surface area contributed by atoms with Crippen LogP contribution in [0.25, 0.3) is 0 Å². The van der Waals surface area contributed by atoms with Crippen molar-refractivity contribution in [2.24, 2.45) is 0 Å². The minimum absolute atomic E-state index is 0.00480. The second-order valence-corrected chi connectivity index (χ2v) is 4.91. The summed E-state index contributed by atoms with van der Waals surface area (Å²) in [7, 11) is -1.62. The van der Waals surface area contributed by atoms with Crippen LogP contribution in [-0.4, -0.2) is 22.1 Å². The van der Waals surface area contributed by atoms with Gasteiger partial charge in [-0.3, -0.25) is 0 Å². The number of hydrogen-bond acceptors (Lipinski definition) is 3. The highest BCUT2D eigenvalue weighted by Crippen LogP contribution is 2.12. The zero-order valence-corrected chi connectivity index (χ0v) is 9.67. The van der Waals surface area contributed by atoms with E-state index in [-0.39, 0.29) is 5.75 Å². The smallest absolute Gasteiger partial charge is 0.215 e. The third-order valence-electron chi connectivity index (χ3n) is 1.88. The summed E-state index contributed by atoms with van der Waals surface area (Å²) in [4.78, 5) is 0. The summed E-state index contributed by atoms with van der Waals surface area (Å²) in [6, 6.07) is 6.98. The fourth-order valence-electron chi connectivity index (χ4n) is 1.21. The SMILES string of the molecule is CCNS(=O)(=O)Cc1ccc(OC)cc1. The molecule has 0 unspecified atom stereocenters. The normalized spacial score (nSPS) is 11.3. The van der Waals surface area contributed by atoms with Gasteiger partial charge < -0.3 is 4.74 Å². The van der Waals surface area contributed by atoms with Crippen LogP contribution in [0.4, 0.5) is 0 Å². The molecule has 0 fully saturated rings. The first-order chi connectivity index (χ1) is 7.07. The van der Waals surface area contributed by atoms with Crippen LogP contribution in [0.1, 0.15) is 12.5 Å². The third kappa shape index (κ3) is 3.89. The summed E-state index contributed by atoms with van der Waals surface area (Å²) < 4.78 is 30.2. The van der Waals surface area contributed by atoms with Crippen molar-refractivity contribution in [3.8, 4) is 5.75 Å². The Morgan fingerprint density at radius 2 is 1.87 bits per heavy atom. The molecule has 0 spiro atoms. The lowest BCUT2D eigenvalue weighted by atomic mass is 10.2. The van der Waals surface area contributed by atoms with Crippen molar-refractivity contribution in [3.63, 3.8) is 0 Å². The summed E-state index contributed by atoms with van der Waals surface area (Å²) in [6.45, 7) is 2.17. The summed E-state index contributed by atoms with van der Waals surface area (Å²) in [5.74, 6) is 0.727. The number of methoxy groups -OCH3 is 1. The molecule has 0 aliphatic carbocycles. The Morgan fingerprint density at radius 3 is 2.33 bits per heavy atom. The molecule has 0 aromatic heterocycles. The van der Waals surface area contributed by atoms with E-state index in [9.17, 15) is 8.42 Å². The molecule has 4 nitrogen and oxygen atoms in total. The number of sulfonamides is 1. The Kier molecular flexibility index (Phi) is 4.11. The van der Waals surface area contributed by atoms with Gasteiger partial charge in [0.05, 0.1) is 12.9 Å². The lowest BCUT2D eigenvalue weighted by Gasteiger charge is -2.05. The van der Waals surface area contributed by atoms with Crippen LogP contribution >= 0.6 is 0 Å². The first kappa shape index (κ1) is 12.0. The summed E-state index contributed by atoms with van der Waals surface area (Å²) >= 11 is 0. The molecular weight excluding hydrogens is 214 g/mol. The van der Waals surface area contributed by atoms with Crippen LogP contribution in [0.2, 0.25) is 0 Å². The molecule has 1 aromatic rings. The van der Waals surface area contributed by atoms with Gasteiger partial charge in [-0.1, -0.05) is 19.1 Å². The molecule has 0 bridgehead atoms. The van der Waals surface area contributed by atoms with Crippen molar-refractivity contribution in [3.05, 3.63) is 29.8 Å². The van der Waals surface area contributed by atoms with E-state index < -0.39 is 10.0 Å². The fraction of sp³-hybridized carbons (Fsp3) is 0.400. The second kappa shape index (κ2) is 5.14. The van der Waals surface area contributed by atoms with E-state index >= 15 is 0 Å². The lowest BCUT2D eigenvalue weighted by Crippen LogP contribution is -2.24. The standard InChI is InChI=1S/C10H15NO3S/c1-3-11-15(12,13)8-9-4-6-10(14-2)7-5-9/h4-7,11H,3,8H2,1-2H3. The van der Waals surface area contributed by atoms with E-state index in [1.807, 2.05) is 0 Å². The van der Waals surface area contributed by atoms with Gasteiger partial charge in [0.15, 0.2) is 0 Å². The quantitative estimate of drug-likeness (QED) is 0.823. The van der Waals surface area contributed by atoms with Gasteiger partial charge in [-0.2, -0.15) is 0 Å². The van der Waals surface area contributed by atoms with Crippen LogP contribution < -0.4 is 9.46 Å². The van der Waals surface area contributed by atoms with Crippen molar-refractivity contribution >= 4 is 10.0 Å². The molecule has 0 amide bonds. The van der Waals surface area contributed by atoms with Crippen molar-refractivity contribution < 1.29 is 13.2 Å². The van der Waals surface area contributed by atoms with Crippen LogP contribution in [-0.2, 0) is 15.8 Å². The van der Waals surface area contributed by atoms with Crippen LogP contribution in [0, 0.1) is 0 Å². The summed E-state index contributed by atoms with van der Waals surface area (Å²) in [6.07, 6.45) is 0. The largest absolute Gasteiger partial charge is 0.497 e. The van der Waals surface area contributed by atoms with Crippen molar-refractivity contribution in [2.45, 2.75) is 12.7 Å². The first-order valence-electron chi connectivity index (χ1n) is 4.67. The number of hydrogen-bond donors (Lipinski definition) is 1. The number of ether oxygens (including phenoxy) is 1. The van der Waals surface area contributed by atoms with E-state index in [2.05, 4.69) is 4.72 Å². The van der Waals surface area contributed by atoms with Gasteiger partial charge >= 0.3 is 0 Å². The Labute approximate surface area is 90.3 Å². The lowest BCUT2D eigenvalue weighted by molar-refractivity contribution is 0.414. The molecule has 0 radical (unpaired) electrons. The monoisotopic (exact) mass is 229 g/mol. The number of benzene rings is 1. The Bertz CT molecular complexity index is 397. The second-order valence-electron chi connectivity index (χ2n) is 3.11. The number of nitrogens with one attached hydrogen (secondary N) is 1. The van der Waals surface area contributed by atoms with Crippen LogP contribution in [0.3, 0.4) is 0 Å². The molecule has 0 aliphatic rings. The molecule has 0 saturated heterocycles. The Hall–Kier alpha value is -1.07. The predicted octanol–water partition coefficient (Wildman–Crippen LogP) is 1.13. The Balaban J connectivity index is 2.73. The van der Waals surface area contributed by atoms with E-state index in [0.717, 1.165) is 11.3 Å². The highest BCUT2D eigenvalue weighted by atomic mass is 32.2. The van der Waals surface area contributed by atoms with E-state index in [0.29, 0.717) is 6.54 Å². The average Bonchev–Trinajstić information content (AvgIpc) is 2.18. The fourth-order valence-corrected chi connectivity index (χ4v) is 2.39. The minimum atomic E-state index is -3.20. The molecule has 5 heteroatoms. The minimum Gasteiger partial charge on any atom is -0.497 e. The zero-order valence-electron chi connectivity index (χ0n) is 8.86. The maximum absolute atomic E-state index is 11.4. The maximum Gasteiger partial charge on any atom is 0.215 e. The topological polar surface area (TPSA) is 55.4 Å².